The van der Waals surface area contributed by atoms with Gasteiger partial charge >= 0.3 is 0 Å². The molecule has 0 radical (unpaired) electrons. The smallest absolute Gasteiger partial charge is 0.0100 e. The molecule has 0 aromatic rings. The molecule has 21 heavy (non-hydrogen) atoms. The Hall–Kier alpha value is -0.0400. The van der Waals surface area contributed by atoms with E-state index in [1.54, 1.807) is 19.3 Å². The molecule has 0 aliphatic heterocycles. The zero-order valence-electron chi connectivity index (χ0n) is 14.5. The molecule has 0 amide bonds. The van der Waals surface area contributed by atoms with Crippen LogP contribution in [-0.2, 0) is 0 Å². The number of hydrogen-bond acceptors (Lipinski definition) is 1. The molecule has 1 unspecified atom stereocenters. The Balaban J connectivity index is 1.66. The summed E-state index contributed by atoms with van der Waals surface area (Å²) in [4.78, 5) is 0. The van der Waals surface area contributed by atoms with Crippen molar-refractivity contribution in [1.29, 1.82) is 0 Å². The zero-order chi connectivity index (χ0) is 14.7. The fourth-order valence-electron chi connectivity index (χ4n) is 7.68. The molecule has 0 aromatic carbocycles. The molecule has 0 heterocycles. The Kier molecular flexibility index (Phi) is 3.45. The molecule has 7 atom stereocenters. The second-order valence-corrected chi connectivity index (χ2v) is 9.45. The van der Waals surface area contributed by atoms with E-state index in [0.29, 0.717) is 10.8 Å². The third kappa shape index (κ3) is 1.98. The molecule has 4 fully saturated rings. The lowest BCUT2D eigenvalue weighted by Crippen LogP contribution is -2.54. The van der Waals surface area contributed by atoms with Crippen LogP contribution < -0.4 is 5.32 Å². The molecule has 1 heteroatoms. The Morgan fingerprint density at radius 2 is 1.67 bits per heavy atom. The summed E-state index contributed by atoms with van der Waals surface area (Å²) in [5.74, 6) is 4.11. The quantitative estimate of drug-likeness (QED) is 0.715. The first kappa shape index (κ1) is 14.5. The van der Waals surface area contributed by atoms with Crippen LogP contribution in [0.4, 0.5) is 0 Å². The van der Waals surface area contributed by atoms with E-state index >= 15 is 0 Å². The van der Waals surface area contributed by atoms with Crippen LogP contribution in [0.5, 0.6) is 0 Å². The van der Waals surface area contributed by atoms with Crippen molar-refractivity contribution in [3.8, 4) is 0 Å². The summed E-state index contributed by atoms with van der Waals surface area (Å²) in [5, 5.41) is 3.71. The summed E-state index contributed by atoms with van der Waals surface area (Å²) in [7, 11) is 2.22. The zero-order valence-corrected chi connectivity index (χ0v) is 14.5. The van der Waals surface area contributed by atoms with Gasteiger partial charge in [-0.1, -0.05) is 26.7 Å². The van der Waals surface area contributed by atoms with E-state index in [-0.39, 0.29) is 0 Å². The van der Waals surface area contributed by atoms with Crippen LogP contribution in [-0.4, -0.2) is 13.1 Å². The average Bonchev–Trinajstić information content (AvgIpc) is 2.83. The maximum absolute atomic E-state index is 3.71. The highest BCUT2D eigenvalue weighted by Crippen LogP contribution is 2.66. The summed E-state index contributed by atoms with van der Waals surface area (Å²) < 4.78 is 0. The van der Waals surface area contributed by atoms with Gasteiger partial charge < -0.3 is 5.32 Å². The first-order chi connectivity index (χ1) is 10.1. The van der Waals surface area contributed by atoms with Crippen LogP contribution in [0.1, 0.15) is 78.1 Å². The molecule has 0 saturated heterocycles. The van der Waals surface area contributed by atoms with Crippen molar-refractivity contribution in [3.63, 3.8) is 0 Å². The van der Waals surface area contributed by atoms with E-state index in [4.69, 9.17) is 0 Å². The van der Waals surface area contributed by atoms with Crippen molar-refractivity contribution in [3.05, 3.63) is 0 Å². The minimum absolute atomic E-state index is 0.659. The van der Waals surface area contributed by atoms with Gasteiger partial charge in [0.25, 0.3) is 0 Å². The standard InChI is InChI=1S/C20H35N/c1-19-12-9-16-15(18(19)17(21-3)10-13-19)8-7-14-6-4-5-11-20(14,16)2/h14-18,21H,4-13H2,1-3H3/t14-,15-,16+,17?,18-,19-,20+/m1/s1. The number of hydrogen-bond donors (Lipinski definition) is 1. The molecule has 4 saturated carbocycles. The van der Waals surface area contributed by atoms with E-state index in [0.717, 1.165) is 29.7 Å². The van der Waals surface area contributed by atoms with E-state index in [9.17, 15) is 0 Å². The predicted molar refractivity (Wildman–Crippen MR) is 89.2 cm³/mol. The lowest BCUT2D eigenvalue weighted by Gasteiger charge is -2.60. The average molecular weight is 290 g/mol. The molecular formula is C20H35N. The van der Waals surface area contributed by atoms with Gasteiger partial charge in [-0.25, -0.2) is 0 Å². The molecular weight excluding hydrogens is 254 g/mol. The summed E-state index contributed by atoms with van der Waals surface area (Å²) in [6.07, 6.45) is 15.1. The minimum atomic E-state index is 0.659. The van der Waals surface area contributed by atoms with E-state index in [1.165, 1.54) is 44.9 Å². The maximum Gasteiger partial charge on any atom is 0.0100 e. The predicted octanol–water partition coefficient (Wildman–Crippen LogP) is 5.01. The molecule has 4 aliphatic rings. The Morgan fingerprint density at radius 1 is 0.857 bits per heavy atom. The van der Waals surface area contributed by atoms with Gasteiger partial charge in [-0.3, -0.25) is 0 Å². The fraction of sp³-hybridized carbons (Fsp3) is 1.00. The maximum atomic E-state index is 3.71. The molecule has 1 N–H and O–H groups in total. The van der Waals surface area contributed by atoms with E-state index in [2.05, 4.69) is 26.2 Å². The van der Waals surface area contributed by atoms with Crippen LogP contribution in [0.25, 0.3) is 0 Å². The largest absolute Gasteiger partial charge is 0.317 e. The number of rotatable bonds is 1. The van der Waals surface area contributed by atoms with Gasteiger partial charge in [-0.15, -0.1) is 0 Å². The van der Waals surface area contributed by atoms with Crippen molar-refractivity contribution >= 4 is 0 Å². The Labute approximate surface area is 131 Å². The van der Waals surface area contributed by atoms with Crippen LogP contribution in [0.3, 0.4) is 0 Å². The van der Waals surface area contributed by atoms with Gasteiger partial charge in [0, 0.05) is 6.04 Å². The summed E-state index contributed by atoms with van der Waals surface area (Å²) >= 11 is 0. The second kappa shape index (κ2) is 4.98. The van der Waals surface area contributed by atoms with E-state index in [1.807, 2.05) is 0 Å². The molecule has 1 nitrogen and oxygen atoms in total. The summed E-state index contributed by atoms with van der Waals surface area (Å²) in [5.41, 5.74) is 1.36. The van der Waals surface area contributed by atoms with Crippen molar-refractivity contribution in [2.45, 2.75) is 84.1 Å². The number of fused-ring (bicyclic) bond motifs is 5. The van der Waals surface area contributed by atoms with Crippen molar-refractivity contribution in [1.82, 2.24) is 5.32 Å². The molecule has 120 valence electrons. The highest BCUT2D eigenvalue weighted by molar-refractivity contribution is 5.09. The highest BCUT2D eigenvalue weighted by Gasteiger charge is 2.59. The lowest BCUT2D eigenvalue weighted by atomic mass is 9.45. The number of nitrogens with one attached hydrogen (secondary N) is 1. The van der Waals surface area contributed by atoms with Crippen LogP contribution >= 0.6 is 0 Å². The van der Waals surface area contributed by atoms with Gasteiger partial charge in [0.15, 0.2) is 0 Å². The van der Waals surface area contributed by atoms with Gasteiger partial charge in [0.2, 0.25) is 0 Å². The van der Waals surface area contributed by atoms with Gasteiger partial charge in [0.05, 0.1) is 0 Å². The molecule has 4 rings (SSSR count). The molecule has 0 aromatic heterocycles. The van der Waals surface area contributed by atoms with Gasteiger partial charge in [0.1, 0.15) is 0 Å². The third-order valence-corrected chi connectivity index (χ3v) is 8.79. The fourth-order valence-corrected chi connectivity index (χ4v) is 7.68. The highest BCUT2D eigenvalue weighted by atomic mass is 14.9. The molecule has 4 aliphatic carbocycles. The SMILES string of the molecule is CNC1CC[C@@]2(C)CC[C@H]3[C@@H](CC[C@H]4CCCC[C@@]43C)[C@H]12. The summed E-state index contributed by atoms with van der Waals surface area (Å²) in [6, 6.07) is 0.812. The lowest BCUT2D eigenvalue weighted by molar-refractivity contribution is -0.107. The van der Waals surface area contributed by atoms with Crippen molar-refractivity contribution in [2.24, 2.45) is 34.5 Å². The Morgan fingerprint density at radius 3 is 2.48 bits per heavy atom. The Bertz CT molecular complexity index is 405. The van der Waals surface area contributed by atoms with Crippen LogP contribution in [0, 0.1) is 34.5 Å². The van der Waals surface area contributed by atoms with Gasteiger partial charge in [-0.05, 0) is 92.9 Å². The van der Waals surface area contributed by atoms with Gasteiger partial charge in [-0.2, -0.15) is 0 Å². The van der Waals surface area contributed by atoms with Crippen molar-refractivity contribution in [2.75, 3.05) is 7.05 Å². The molecule has 0 bridgehead atoms. The van der Waals surface area contributed by atoms with Crippen molar-refractivity contribution < 1.29 is 0 Å². The molecule has 0 spiro atoms. The second-order valence-electron chi connectivity index (χ2n) is 9.45. The summed E-state index contributed by atoms with van der Waals surface area (Å²) in [6.45, 7) is 5.32. The third-order valence-electron chi connectivity index (χ3n) is 8.79. The normalized spacial score (nSPS) is 56.4. The topological polar surface area (TPSA) is 12.0 Å². The monoisotopic (exact) mass is 289 g/mol. The van der Waals surface area contributed by atoms with E-state index < -0.39 is 0 Å². The van der Waals surface area contributed by atoms with Crippen LogP contribution in [0.2, 0.25) is 0 Å². The van der Waals surface area contributed by atoms with Crippen LogP contribution in [0.15, 0.2) is 0 Å². The first-order valence-corrected chi connectivity index (χ1v) is 9.76. The first-order valence-electron chi connectivity index (χ1n) is 9.76. The minimum Gasteiger partial charge on any atom is -0.317 e.